The van der Waals surface area contributed by atoms with Crippen molar-refractivity contribution in [2.24, 2.45) is 0 Å². The van der Waals surface area contributed by atoms with Gasteiger partial charge in [0.2, 0.25) is 0 Å². The van der Waals surface area contributed by atoms with Crippen LogP contribution >= 0.6 is 11.3 Å². The Hall–Kier alpha value is -2.75. The van der Waals surface area contributed by atoms with E-state index < -0.39 is 6.17 Å². The van der Waals surface area contributed by atoms with Crippen LogP contribution in [0.15, 0.2) is 55.2 Å². The van der Waals surface area contributed by atoms with E-state index in [9.17, 15) is 4.39 Å². The molecule has 0 bridgehead atoms. The molecule has 1 fully saturated rings. The first-order chi connectivity index (χ1) is 15.3. The van der Waals surface area contributed by atoms with E-state index in [-0.39, 0.29) is 12.1 Å². The molecule has 0 aliphatic heterocycles. The van der Waals surface area contributed by atoms with Crippen LogP contribution in [0.4, 0.5) is 4.39 Å². The maximum absolute atomic E-state index is 14.8. The Morgan fingerprint density at radius 2 is 2.00 bits per heavy atom. The molecule has 1 aliphatic rings. The molecule has 1 saturated carbocycles. The van der Waals surface area contributed by atoms with Crippen molar-refractivity contribution in [3.8, 4) is 10.7 Å². The van der Waals surface area contributed by atoms with Crippen LogP contribution in [-0.4, -0.2) is 42.8 Å². The van der Waals surface area contributed by atoms with Crippen molar-refractivity contribution in [2.75, 3.05) is 0 Å². The minimum Gasteiger partial charge on any atom is -0.308 e. The van der Waals surface area contributed by atoms with Gasteiger partial charge in [-0.1, -0.05) is 6.07 Å². The summed E-state index contributed by atoms with van der Waals surface area (Å²) in [6, 6.07) is 8.14. The van der Waals surface area contributed by atoms with E-state index in [0.717, 1.165) is 39.6 Å². The standard InChI is InChI=1S/C22H24FN7S/c23-19-10-15(26-11-17-3-1-2-16-6-7-29-30(16)17)4-5-20(19)27-12-18-13-28-22(31-18)21-14-24-8-9-25-21/h1-3,6-9,13-15,19-20,26-27H,4-5,10-12H2/t15-,19+,20-/m1/s1. The normalized spacial score (nSPS) is 21.5. The molecule has 4 heterocycles. The third kappa shape index (κ3) is 4.63. The van der Waals surface area contributed by atoms with Gasteiger partial charge in [-0.2, -0.15) is 5.10 Å². The number of pyridine rings is 1. The van der Waals surface area contributed by atoms with Crippen molar-refractivity contribution in [1.82, 2.24) is 35.2 Å². The molecule has 0 amide bonds. The van der Waals surface area contributed by atoms with Gasteiger partial charge in [-0.05, 0) is 37.5 Å². The van der Waals surface area contributed by atoms with Gasteiger partial charge in [0.05, 0.1) is 17.4 Å². The van der Waals surface area contributed by atoms with Crippen molar-refractivity contribution < 1.29 is 4.39 Å². The minimum absolute atomic E-state index is 0.130. The Morgan fingerprint density at radius 3 is 2.87 bits per heavy atom. The summed E-state index contributed by atoms with van der Waals surface area (Å²) in [6.07, 6.45) is 10.0. The molecule has 0 unspecified atom stereocenters. The van der Waals surface area contributed by atoms with Crippen LogP contribution in [0.5, 0.6) is 0 Å². The quantitative estimate of drug-likeness (QED) is 0.461. The zero-order chi connectivity index (χ0) is 21.0. The average Bonchev–Trinajstić information content (AvgIpc) is 3.47. The summed E-state index contributed by atoms with van der Waals surface area (Å²) in [5.74, 6) is 0. The van der Waals surface area contributed by atoms with E-state index in [0.29, 0.717) is 19.5 Å². The molecule has 160 valence electrons. The summed E-state index contributed by atoms with van der Waals surface area (Å²) < 4.78 is 16.8. The third-order valence-electron chi connectivity index (χ3n) is 5.72. The molecule has 0 saturated heterocycles. The highest BCUT2D eigenvalue weighted by Crippen LogP contribution is 2.25. The number of rotatable bonds is 7. The van der Waals surface area contributed by atoms with E-state index in [1.165, 1.54) is 0 Å². The summed E-state index contributed by atoms with van der Waals surface area (Å²) in [7, 11) is 0. The highest BCUT2D eigenvalue weighted by atomic mass is 32.1. The molecule has 31 heavy (non-hydrogen) atoms. The summed E-state index contributed by atoms with van der Waals surface area (Å²) in [4.78, 5) is 13.8. The number of nitrogens with one attached hydrogen (secondary N) is 2. The molecule has 9 heteroatoms. The van der Waals surface area contributed by atoms with Crippen LogP contribution in [0.1, 0.15) is 29.8 Å². The average molecular weight is 438 g/mol. The zero-order valence-electron chi connectivity index (χ0n) is 17.0. The van der Waals surface area contributed by atoms with Gasteiger partial charge < -0.3 is 10.6 Å². The van der Waals surface area contributed by atoms with Gasteiger partial charge in [0, 0.05) is 54.8 Å². The van der Waals surface area contributed by atoms with Gasteiger partial charge in [0.25, 0.3) is 0 Å². The SMILES string of the molecule is F[C@H]1C[C@H](NCc2cccc3ccnn23)CC[C@H]1NCc1cnc(-c2cnccn2)s1. The molecule has 7 nitrogen and oxygen atoms in total. The van der Waals surface area contributed by atoms with Crippen LogP contribution in [0.3, 0.4) is 0 Å². The number of alkyl halides is 1. The number of nitrogens with zero attached hydrogens (tertiary/aromatic N) is 5. The molecule has 3 atom stereocenters. The predicted molar refractivity (Wildman–Crippen MR) is 118 cm³/mol. The number of hydrogen-bond donors (Lipinski definition) is 2. The van der Waals surface area contributed by atoms with Crippen LogP contribution in [-0.2, 0) is 13.1 Å². The molecule has 4 aromatic rings. The van der Waals surface area contributed by atoms with Gasteiger partial charge in [0.15, 0.2) is 0 Å². The van der Waals surface area contributed by atoms with Crippen molar-refractivity contribution in [1.29, 1.82) is 0 Å². The molecule has 4 aromatic heterocycles. The largest absolute Gasteiger partial charge is 0.308 e. The Morgan fingerprint density at radius 1 is 1.03 bits per heavy atom. The maximum Gasteiger partial charge on any atom is 0.143 e. The van der Waals surface area contributed by atoms with E-state index in [4.69, 9.17) is 0 Å². The topological polar surface area (TPSA) is 80.0 Å². The van der Waals surface area contributed by atoms with Crippen molar-refractivity contribution in [2.45, 2.75) is 50.6 Å². The van der Waals surface area contributed by atoms with E-state index >= 15 is 0 Å². The lowest BCUT2D eigenvalue weighted by atomic mass is 9.89. The first-order valence-electron chi connectivity index (χ1n) is 10.5. The van der Waals surface area contributed by atoms with Crippen molar-refractivity contribution in [3.63, 3.8) is 0 Å². The fourth-order valence-electron chi connectivity index (χ4n) is 4.07. The lowest BCUT2D eigenvalue weighted by molar-refractivity contribution is 0.160. The number of thiazole rings is 1. The van der Waals surface area contributed by atoms with E-state index in [1.54, 1.807) is 36.1 Å². The minimum atomic E-state index is -0.876. The molecule has 0 spiro atoms. The smallest absolute Gasteiger partial charge is 0.143 e. The molecule has 0 aromatic carbocycles. The molecule has 0 radical (unpaired) electrons. The Labute approximate surface area is 183 Å². The number of halogens is 1. The van der Waals surface area contributed by atoms with Gasteiger partial charge in [0.1, 0.15) is 16.9 Å². The molecule has 5 rings (SSSR count). The maximum atomic E-state index is 14.8. The van der Waals surface area contributed by atoms with Gasteiger partial charge >= 0.3 is 0 Å². The first kappa shape index (κ1) is 20.2. The van der Waals surface area contributed by atoms with Crippen molar-refractivity contribution >= 4 is 16.9 Å². The lowest BCUT2D eigenvalue weighted by Crippen LogP contribution is -2.46. The zero-order valence-corrected chi connectivity index (χ0v) is 17.8. The van der Waals surface area contributed by atoms with Crippen molar-refractivity contribution in [3.05, 3.63) is 65.8 Å². The number of fused-ring (bicyclic) bond motifs is 1. The molecular formula is C22H24FN7S. The molecule has 2 N–H and O–H groups in total. The summed E-state index contributed by atoms with van der Waals surface area (Å²) in [5.41, 5.74) is 2.92. The Kier molecular flexibility index (Phi) is 5.97. The third-order valence-corrected chi connectivity index (χ3v) is 6.74. The van der Waals surface area contributed by atoms with Gasteiger partial charge in [-0.15, -0.1) is 11.3 Å². The van der Waals surface area contributed by atoms with Gasteiger partial charge in [-0.3, -0.25) is 9.97 Å². The first-order valence-corrected chi connectivity index (χ1v) is 11.3. The summed E-state index contributed by atoms with van der Waals surface area (Å²) >= 11 is 1.56. The number of aromatic nitrogens is 5. The highest BCUT2D eigenvalue weighted by Gasteiger charge is 2.30. The predicted octanol–water partition coefficient (Wildman–Crippen LogP) is 3.39. The number of hydrogen-bond acceptors (Lipinski definition) is 7. The monoisotopic (exact) mass is 437 g/mol. The highest BCUT2D eigenvalue weighted by molar-refractivity contribution is 7.14. The van der Waals surface area contributed by atoms with E-state index in [1.807, 2.05) is 28.9 Å². The molecular weight excluding hydrogens is 413 g/mol. The van der Waals surface area contributed by atoms with Crippen LogP contribution in [0.25, 0.3) is 16.2 Å². The lowest BCUT2D eigenvalue weighted by Gasteiger charge is -2.33. The Balaban J connectivity index is 1.11. The molecule has 1 aliphatic carbocycles. The van der Waals surface area contributed by atoms with E-state index in [2.05, 4.69) is 36.8 Å². The Bertz CT molecular complexity index is 1130. The second kappa shape index (κ2) is 9.17. The summed E-state index contributed by atoms with van der Waals surface area (Å²) in [6.45, 7) is 1.29. The second-order valence-corrected chi connectivity index (χ2v) is 8.92. The van der Waals surface area contributed by atoms with Crippen LogP contribution < -0.4 is 10.6 Å². The van der Waals surface area contributed by atoms with Gasteiger partial charge in [-0.25, -0.2) is 13.9 Å². The fraction of sp³-hybridized carbons (Fsp3) is 0.364. The second-order valence-electron chi connectivity index (χ2n) is 7.80. The van der Waals surface area contributed by atoms with Crippen LogP contribution in [0, 0.1) is 0 Å². The fourth-order valence-corrected chi connectivity index (χ4v) is 4.90. The summed E-state index contributed by atoms with van der Waals surface area (Å²) in [5, 5.41) is 12.1. The van der Waals surface area contributed by atoms with Crippen LogP contribution in [0.2, 0.25) is 0 Å².